The highest BCUT2D eigenvalue weighted by Gasteiger charge is 2.12. The number of carbonyl (C=O) groups excluding carboxylic acids is 1. The molecular weight excluding hydrogens is 366 g/mol. The van der Waals surface area contributed by atoms with Crippen LogP contribution >= 0.6 is 11.6 Å². The first-order valence-corrected chi connectivity index (χ1v) is 8.51. The Morgan fingerprint density at radius 1 is 0.926 bits per heavy atom. The summed E-state index contributed by atoms with van der Waals surface area (Å²) in [6.07, 6.45) is 0. The Labute approximate surface area is 158 Å². The molecule has 0 saturated carbocycles. The zero-order valence-electron chi connectivity index (χ0n) is 14.0. The summed E-state index contributed by atoms with van der Waals surface area (Å²) < 4.78 is 4.70. The van der Waals surface area contributed by atoms with Gasteiger partial charge in [-0.05, 0) is 41.1 Å². The summed E-state index contributed by atoms with van der Waals surface area (Å²) in [6.45, 7) is 0. The van der Waals surface area contributed by atoms with Crippen molar-refractivity contribution >= 4 is 39.8 Å². The van der Waals surface area contributed by atoms with E-state index in [1.807, 2.05) is 42.5 Å². The molecule has 0 aliphatic carbocycles. The van der Waals surface area contributed by atoms with E-state index in [-0.39, 0.29) is 0 Å². The second-order valence-electron chi connectivity index (χ2n) is 5.91. The molecule has 0 fully saturated rings. The van der Waals surface area contributed by atoms with Gasteiger partial charge in [0.2, 0.25) is 0 Å². The minimum atomic E-state index is -0.508. The van der Waals surface area contributed by atoms with Crippen LogP contribution in [0.5, 0.6) is 0 Å². The van der Waals surface area contributed by atoms with Gasteiger partial charge in [-0.1, -0.05) is 41.9 Å². The Balaban J connectivity index is 1.58. The summed E-state index contributed by atoms with van der Waals surface area (Å²) in [5.74, 6) is 0. The lowest BCUT2D eigenvalue weighted by Crippen LogP contribution is -2.19. The molecule has 3 aromatic carbocycles. The molecule has 2 amide bonds. The maximum Gasteiger partial charge on any atom is 0.357 e. The number of benzene rings is 3. The van der Waals surface area contributed by atoms with Crippen LogP contribution in [-0.4, -0.2) is 11.2 Å². The van der Waals surface area contributed by atoms with Gasteiger partial charge in [-0.2, -0.15) is 0 Å². The number of urea groups is 1. The van der Waals surface area contributed by atoms with E-state index in [9.17, 15) is 9.59 Å². The molecule has 4 rings (SSSR count). The fraction of sp³-hybridized carbons (Fsp3) is 0. The van der Waals surface area contributed by atoms with E-state index >= 15 is 0 Å². The summed E-state index contributed by atoms with van der Waals surface area (Å²) in [5.41, 5.74) is 1.62. The maximum atomic E-state index is 12.5. The van der Waals surface area contributed by atoms with Crippen molar-refractivity contribution in [1.82, 2.24) is 5.16 Å². The lowest BCUT2D eigenvalue weighted by Gasteiger charge is -2.12. The number of rotatable bonds is 3. The molecule has 0 radical (unpaired) electrons. The Kier molecular flexibility index (Phi) is 4.40. The van der Waals surface area contributed by atoms with Gasteiger partial charge in [0.05, 0.1) is 17.4 Å². The number of amides is 2. The van der Waals surface area contributed by atoms with E-state index in [0.29, 0.717) is 27.7 Å². The molecule has 6 nitrogen and oxygen atoms in total. The Morgan fingerprint density at radius 3 is 2.52 bits per heavy atom. The van der Waals surface area contributed by atoms with Gasteiger partial charge in [0.25, 0.3) is 0 Å². The van der Waals surface area contributed by atoms with Gasteiger partial charge < -0.3 is 15.2 Å². The van der Waals surface area contributed by atoms with Crippen LogP contribution in [0.15, 0.2) is 76.0 Å². The number of aromatic nitrogens is 1. The number of carbonyl (C=O) groups is 1. The standard InChI is InChI=1S/C20H14ClN3O3/c21-14-6-8-16(18-11-19(25)27-24-18)17(10-14)23-20(26)22-15-7-5-12-3-1-2-4-13(12)9-15/h1-11,24H,(H2,22,23,26). The molecule has 7 heteroatoms. The normalized spacial score (nSPS) is 10.7. The van der Waals surface area contributed by atoms with Gasteiger partial charge in [-0.3, -0.25) is 0 Å². The summed E-state index contributed by atoms with van der Waals surface area (Å²) in [4.78, 5) is 23.7. The van der Waals surface area contributed by atoms with E-state index in [1.54, 1.807) is 18.2 Å². The summed E-state index contributed by atoms with van der Waals surface area (Å²) in [7, 11) is 0. The van der Waals surface area contributed by atoms with E-state index in [4.69, 9.17) is 16.1 Å². The van der Waals surface area contributed by atoms with Gasteiger partial charge in [0, 0.05) is 16.3 Å². The monoisotopic (exact) mass is 379 g/mol. The van der Waals surface area contributed by atoms with E-state index in [0.717, 1.165) is 10.8 Å². The third-order valence-corrected chi connectivity index (χ3v) is 4.29. The lowest BCUT2D eigenvalue weighted by molar-refractivity contribution is 0.262. The number of nitrogens with one attached hydrogen (secondary N) is 3. The van der Waals surface area contributed by atoms with Crippen molar-refractivity contribution in [2.24, 2.45) is 0 Å². The average molecular weight is 380 g/mol. The van der Waals surface area contributed by atoms with Crippen molar-refractivity contribution in [3.05, 3.63) is 82.2 Å². The summed E-state index contributed by atoms with van der Waals surface area (Å²) >= 11 is 6.05. The SMILES string of the molecule is O=C(Nc1ccc2ccccc2c1)Nc1cc(Cl)ccc1-c1cc(=O)o[nH]1. The predicted octanol–water partition coefficient (Wildman–Crippen LogP) is 5.09. The second-order valence-corrected chi connectivity index (χ2v) is 6.35. The zero-order chi connectivity index (χ0) is 18.8. The minimum Gasteiger partial charge on any atom is -0.339 e. The molecule has 1 heterocycles. The Morgan fingerprint density at radius 2 is 1.74 bits per heavy atom. The molecule has 1 aromatic heterocycles. The summed E-state index contributed by atoms with van der Waals surface area (Å²) in [6, 6.07) is 19.4. The predicted molar refractivity (Wildman–Crippen MR) is 106 cm³/mol. The number of fused-ring (bicyclic) bond motifs is 1. The first-order valence-electron chi connectivity index (χ1n) is 8.14. The highest BCUT2D eigenvalue weighted by Crippen LogP contribution is 2.29. The van der Waals surface area contributed by atoms with Crippen LogP contribution in [0.4, 0.5) is 16.2 Å². The lowest BCUT2D eigenvalue weighted by atomic mass is 10.1. The summed E-state index contributed by atoms with van der Waals surface area (Å²) in [5, 5.41) is 10.6. The number of H-pyrrole nitrogens is 1. The second kappa shape index (κ2) is 7.01. The highest BCUT2D eigenvalue weighted by molar-refractivity contribution is 6.31. The van der Waals surface area contributed by atoms with Gasteiger partial charge in [-0.25, -0.2) is 14.7 Å². The van der Waals surface area contributed by atoms with E-state index in [2.05, 4.69) is 15.8 Å². The van der Waals surface area contributed by atoms with Crippen molar-refractivity contribution < 1.29 is 9.32 Å². The molecule has 0 saturated heterocycles. The van der Waals surface area contributed by atoms with Gasteiger partial charge >= 0.3 is 11.7 Å². The average Bonchev–Trinajstić information content (AvgIpc) is 3.08. The van der Waals surface area contributed by atoms with Crippen LogP contribution in [0.2, 0.25) is 5.02 Å². The fourth-order valence-electron chi connectivity index (χ4n) is 2.82. The quantitative estimate of drug-likeness (QED) is 0.463. The maximum absolute atomic E-state index is 12.5. The molecule has 0 spiro atoms. The van der Waals surface area contributed by atoms with Crippen molar-refractivity contribution in [2.75, 3.05) is 10.6 Å². The van der Waals surface area contributed by atoms with Crippen LogP contribution in [0.25, 0.3) is 22.0 Å². The first-order chi connectivity index (χ1) is 13.1. The molecule has 0 unspecified atom stereocenters. The Hall–Kier alpha value is -3.51. The number of anilines is 2. The largest absolute Gasteiger partial charge is 0.357 e. The first kappa shape index (κ1) is 16.9. The molecule has 0 aliphatic rings. The van der Waals surface area contributed by atoms with Crippen molar-refractivity contribution in [3.63, 3.8) is 0 Å². The number of hydrogen-bond donors (Lipinski definition) is 3. The molecule has 27 heavy (non-hydrogen) atoms. The zero-order valence-corrected chi connectivity index (χ0v) is 14.7. The number of hydrogen-bond acceptors (Lipinski definition) is 3. The van der Waals surface area contributed by atoms with E-state index in [1.165, 1.54) is 6.07 Å². The van der Waals surface area contributed by atoms with Crippen LogP contribution in [-0.2, 0) is 0 Å². The van der Waals surface area contributed by atoms with Crippen LogP contribution < -0.4 is 16.3 Å². The number of halogens is 1. The molecular formula is C20H14ClN3O3. The van der Waals surface area contributed by atoms with Crippen LogP contribution in [0.1, 0.15) is 0 Å². The number of aromatic amines is 1. The van der Waals surface area contributed by atoms with Gasteiger partial charge in [-0.15, -0.1) is 0 Å². The molecule has 3 N–H and O–H groups in total. The molecule has 0 aliphatic heterocycles. The third kappa shape index (κ3) is 3.70. The smallest absolute Gasteiger partial charge is 0.339 e. The topological polar surface area (TPSA) is 87.1 Å². The van der Waals surface area contributed by atoms with Crippen LogP contribution in [0, 0.1) is 0 Å². The molecule has 134 valence electrons. The third-order valence-electron chi connectivity index (χ3n) is 4.05. The molecule has 4 aromatic rings. The van der Waals surface area contributed by atoms with Crippen molar-refractivity contribution in [3.8, 4) is 11.3 Å². The van der Waals surface area contributed by atoms with Crippen molar-refractivity contribution in [2.45, 2.75) is 0 Å². The van der Waals surface area contributed by atoms with Crippen LogP contribution in [0.3, 0.4) is 0 Å². The van der Waals surface area contributed by atoms with Crippen molar-refractivity contribution in [1.29, 1.82) is 0 Å². The molecule has 0 bridgehead atoms. The Bertz CT molecular complexity index is 1200. The minimum absolute atomic E-state index is 0.431. The molecule has 0 atom stereocenters. The van der Waals surface area contributed by atoms with Gasteiger partial charge in [0.15, 0.2) is 0 Å². The van der Waals surface area contributed by atoms with Gasteiger partial charge in [0.1, 0.15) is 0 Å². The fourth-order valence-corrected chi connectivity index (χ4v) is 2.99. The highest BCUT2D eigenvalue weighted by atomic mass is 35.5. The van der Waals surface area contributed by atoms with E-state index < -0.39 is 11.7 Å².